The van der Waals surface area contributed by atoms with Crippen molar-refractivity contribution in [2.75, 3.05) is 11.1 Å². The number of rotatable bonds is 3. The van der Waals surface area contributed by atoms with Gasteiger partial charge in [-0.05, 0) is 30.7 Å². The number of carbonyl (C=O) groups is 1. The normalized spacial score (nSPS) is 10.5. The lowest BCUT2D eigenvalue weighted by atomic mass is 10.1. The van der Waals surface area contributed by atoms with Crippen LogP contribution in [-0.4, -0.2) is 11.1 Å². The summed E-state index contributed by atoms with van der Waals surface area (Å²) in [5, 5.41) is 12.5. The van der Waals surface area contributed by atoms with Gasteiger partial charge in [0.25, 0.3) is 0 Å². The van der Waals surface area contributed by atoms with E-state index in [0.29, 0.717) is 15.7 Å². The Bertz CT molecular complexity index is 735. The molecule has 0 unspecified atom stereocenters. The molecule has 2 rings (SSSR count). The first-order chi connectivity index (χ1) is 9.79. The van der Waals surface area contributed by atoms with Crippen molar-refractivity contribution in [1.29, 1.82) is 0 Å². The van der Waals surface area contributed by atoms with E-state index in [9.17, 15) is 9.18 Å². The van der Waals surface area contributed by atoms with Crippen LogP contribution in [0.5, 0.6) is 0 Å². The molecule has 4 nitrogen and oxygen atoms in total. The fourth-order valence-corrected chi connectivity index (χ4v) is 2.18. The molecule has 0 aliphatic carbocycles. The first-order valence-electron chi connectivity index (χ1n) is 5.84. The molecule has 0 amide bonds. The van der Waals surface area contributed by atoms with Crippen molar-refractivity contribution in [1.82, 2.24) is 0 Å². The van der Waals surface area contributed by atoms with Gasteiger partial charge in [0, 0.05) is 11.1 Å². The van der Waals surface area contributed by atoms with Crippen molar-refractivity contribution in [3.63, 3.8) is 0 Å². The van der Waals surface area contributed by atoms with Crippen LogP contribution in [0.25, 0.3) is 0 Å². The molecular weight excluding hydrogens is 318 g/mol. The first-order valence-corrected chi connectivity index (χ1v) is 6.60. The average Bonchev–Trinajstić information content (AvgIpc) is 2.39. The van der Waals surface area contributed by atoms with Crippen LogP contribution in [0.15, 0.2) is 24.3 Å². The highest BCUT2D eigenvalue weighted by molar-refractivity contribution is 6.35. The molecule has 0 saturated carbocycles. The van der Waals surface area contributed by atoms with E-state index < -0.39 is 17.3 Å². The Morgan fingerprint density at radius 2 is 1.86 bits per heavy atom. The first kappa shape index (κ1) is 15.4. The number of aromatic carboxylic acids is 1. The third-order valence-electron chi connectivity index (χ3n) is 2.89. The highest BCUT2D eigenvalue weighted by Gasteiger charge is 2.15. The molecule has 2 aromatic carbocycles. The monoisotopic (exact) mass is 328 g/mol. The van der Waals surface area contributed by atoms with E-state index in [1.54, 1.807) is 19.1 Å². The van der Waals surface area contributed by atoms with E-state index >= 15 is 0 Å². The van der Waals surface area contributed by atoms with E-state index in [-0.39, 0.29) is 11.4 Å². The fourth-order valence-electron chi connectivity index (χ4n) is 1.75. The van der Waals surface area contributed by atoms with Gasteiger partial charge in [0.1, 0.15) is 5.82 Å². The maximum atomic E-state index is 13.7. The average molecular weight is 329 g/mol. The molecular formula is C14H11Cl2FN2O2. The lowest BCUT2D eigenvalue weighted by molar-refractivity contribution is 0.0692. The van der Waals surface area contributed by atoms with Gasteiger partial charge >= 0.3 is 5.97 Å². The second-order valence-electron chi connectivity index (χ2n) is 4.43. The summed E-state index contributed by atoms with van der Waals surface area (Å²) in [5.41, 5.74) is 6.77. The molecule has 2 aromatic rings. The van der Waals surface area contributed by atoms with Crippen molar-refractivity contribution in [2.45, 2.75) is 6.92 Å². The number of aryl methyl sites for hydroxylation is 1. The number of nitrogens with two attached hydrogens (primary N) is 1. The quantitative estimate of drug-likeness (QED) is 0.727. The summed E-state index contributed by atoms with van der Waals surface area (Å²) in [6.07, 6.45) is 0. The van der Waals surface area contributed by atoms with Gasteiger partial charge in [0.05, 0.1) is 27.6 Å². The molecule has 0 aliphatic rings. The SMILES string of the molecule is Cc1cc(Cl)c(Nc2cc(F)c(C(=O)O)cc2N)cc1Cl. The Labute approximate surface area is 130 Å². The molecule has 0 radical (unpaired) electrons. The van der Waals surface area contributed by atoms with Gasteiger partial charge in [-0.2, -0.15) is 0 Å². The van der Waals surface area contributed by atoms with Crippen LogP contribution in [0.2, 0.25) is 10.0 Å². The predicted molar refractivity (Wildman–Crippen MR) is 82.3 cm³/mol. The van der Waals surface area contributed by atoms with Gasteiger partial charge in [0.15, 0.2) is 0 Å². The molecule has 0 spiro atoms. The van der Waals surface area contributed by atoms with E-state index in [2.05, 4.69) is 5.32 Å². The topological polar surface area (TPSA) is 75.3 Å². The number of carboxylic acids is 1. The number of benzene rings is 2. The van der Waals surface area contributed by atoms with Crippen molar-refractivity contribution in [3.05, 3.63) is 51.3 Å². The fraction of sp³-hybridized carbons (Fsp3) is 0.0714. The highest BCUT2D eigenvalue weighted by atomic mass is 35.5. The number of hydrogen-bond acceptors (Lipinski definition) is 3. The Hall–Kier alpha value is -1.98. The molecule has 21 heavy (non-hydrogen) atoms. The summed E-state index contributed by atoms with van der Waals surface area (Å²) in [4.78, 5) is 10.8. The largest absolute Gasteiger partial charge is 0.478 e. The Morgan fingerprint density at radius 1 is 1.19 bits per heavy atom. The van der Waals surface area contributed by atoms with Crippen LogP contribution >= 0.6 is 23.2 Å². The number of anilines is 3. The zero-order chi connectivity index (χ0) is 15.7. The maximum absolute atomic E-state index is 13.7. The minimum atomic E-state index is -1.39. The second-order valence-corrected chi connectivity index (χ2v) is 5.25. The summed E-state index contributed by atoms with van der Waals surface area (Å²) in [6, 6.07) is 5.29. The van der Waals surface area contributed by atoms with Crippen molar-refractivity contribution in [2.24, 2.45) is 0 Å². The summed E-state index contributed by atoms with van der Waals surface area (Å²) in [5.74, 6) is -2.28. The highest BCUT2D eigenvalue weighted by Crippen LogP contribution is 2.33. The lowest BCUT2D eigenvalue weighted by Crippen LogP contribution is -2.05. The Morgan fingerprint density at radius 3 is 2.48 bits per heavy atom. The van der Waals surface area contributed by atoms with Crippen LogP contribution in [0.4, 0.5) is 21.5 Å². The number of nitrogens with one attached hydrogen (secondary N) is 1. The second kappa shape index (κ2) is 5.79. The molecule has 7 heteroatoms. The van der Waals surface area contributed by atoms with Crippen LogP contribution in [0, 0.1) is 12.7 Å². The minimum Gasteiger partial charge on any atom is -0.478 e. The van der Waals surface area contributed by atoms with Crippen molar-refractivity contribution >= 4 is 46.2 Å². The van der Waals surface area contributed by atoms with Crippen LogP contribution in [0.1, 0.15) is 15.9 Å². The third kappa shape index (κ3) is 3.20. The van der Waals surface area contributed by atoms with E-state index in [1.165, 1.54) is 0 Å². The van der Waals surface area contributed by atoms with E-state index in [0.717, 1.165) is 17.7 Å². The molecule has 0 atom stereocenters. The third-order valence-corrected chi connectivity index (χ3v) is 3.61. The van der Waals surface area contributed by atoms with Gasteiger partial charge in [0.2, 0.25) is 0 Å². The number of halogens is 3. The van der Waals surface area contributed by atoms with Gasteiger partial charge in [-0.1, -0.05) is 23.2 Å². The Kier molecular flexibility index (Phi) is 4.25. The van der Waals surface area contributed by atoms with E-state index in [4.69, 9.17) is 34.0 Å². The van der Waals surface area contributed by atoms with Gasteiger partial charge in [-0.25, -0.2) is 9.18 Å². The molecule has 0 aromatic heterocycles. The standard InChI is InChI=1S/C14H11Cl2FN2O2/c1-6-2-9(16)12(4-8(6)15)19-13-5-10(17)7(14(20)21)3-11(13)18/h2-5,19H,18H2,1H3,(H,20,21). The number of carboxylic acid groups (broad SMARTS) is 1. The van der Waals surface area contributed by atoms with Gasteiger partial charge < -0.3 is 16.2 Å². The number of hydrogen-bond donors (Lipinski definition) is 3. The van der Waals surface area contributed by atoms with Crippen molar-refractivity contribution < 1.29 is 14.3 Å². The Balaban J connectivity index is 2.43. The van der Waals surface area contributed by atoms with Crippen LogP contribution in [0.3, 0.4) is 0 Å². The minimum absolute atomic E-state index is 0.0848. The molecule has 0 bridgehead atoms. The smallest absolute Gasteiger partial charge is 0.338 e. The molecule has 0 fully saturated rings. The molecule has 0 aliphatic heterocycles. The van der Waals surface area contributed by atoms with Crippen LogP contribution < -0.4 is 11.1 Å². The number of nitrogen functional groups attached to an aromatic ring is 1. The summed E-state index contributed by atoms with van der Waals surface area (Å²) < 4.78 is 13.7. The van der Waals surface area contributed by atoms with Crippen molar-refractivity contribution in [3.8, 4) is 0 Å². The predicted octanol–water partition coefficient (Wildman–Crippen LogP) is 4.46. The van der Waals surface area contributed by atoms with Gasteiger partial charge in [-0.3, -0.25) is 0 Å². The van der Waals surface area contributed by atoms with Gasteiger partial charge in [-0.15, -0.1) is 0 Å². The molecule has 4 N–H and O–H groups in total. The summed E-state index contributed by atoms with van der Waals surface area (Å²) in [7, 11) is 0. The summed E-state index contributed by atoms with van der Waals surface area (Å²) in [6.45, 7) is 1.80. The maximum Gasteiger partial charge on any atom is 0.338 e. The summed E-state index contributed by atoms with van der Waals surface area (Å²) >= 11 is 12.1. The molecule has 0 heterocycles. The molecule has 0 saturated heterocycles. The lowest BCUT2D eigenvalue weighted by Gasteiger charge is -2.13. The van der Waals surface area contributed by atoms with Crippen LogP contribution in [-0.2, 0) is 0 Å². The zero-order valence-corrected chi connectivity index (χ0v) is 12.4. The zero-order valence-electron chi connectivity index (χ0n) is 10.9. The van der Waals surface area contributed by atoms with E-state index in [1.807, 2.05) is 0 Å². The molecule has 110 valence electrons.